The molecule has 0 radical (unpaired) electrons. The Kier molecular flexibility index (Phi) is 4.09. The summed E-state index contributed by atoms with van der Waals surface area (Å²) < 4.78 is 17.3. The number of fused-ring (bicyclic) bond motifs is 1. The van der Waals surface area contributed by atoms with Crippen molar-refractivity contribution in [3.63, 3.8) is 0 Å². The molecule has 0 fully saturated rings. The van der Waals surface area contributed by atoms with Gasteiger partial charge in [0.1, 0.15) is 17.1 Å². The molecule has 4 nitrogen and oxygen atoms in total. The van der Waals surface area contributed by atoms with Gasteiger partial charge in [-0.3, -0.25) is 0 Å². The topological polar surface area (TPSA) is 44.8 Å². The van der Waals surface area contributed by atoms with Gasteiger partial charge in [-0.2, -0.15) is 0 Å². The molecule has 0 aliphatic carbocycles. The van der Waals surface area contributed by atoms with Crippen molar-refractivity contribution in [2.75, 3.05) is 7.11 Å². The maximum atomic E-state index is 12.2. The predicted octanol–water partition coefficient (Wildman–Crippen LogP) is 4.13. The Morgan fingerprint density at radius 2 is 2.10 bits per heavy atom. The molecule has 1 aromatic carbocycles. The number of allylic oxidation sites excluding steroid dienone is 1. The highest BCUT2D eigenvalue weighted by Gasteiger charge is 2.37. The minimum atomic E-state index is -0.988. The Morgan fingerprint density at radius 1 is 1.40 bits per heavy atom. The van der Waals surface area contributed by atoms with Gasteiger partial charge in [0.25, 0.3) is 0 Å². The molecular formula is C15H17BrO4. The molecule has 0 saturated heterocycles. The molecule has 0 saturated carbocycles. The summed E-state index contributed by atoms with van der Waals surface area (Å²) in [6.07, 6.45) is 2.79. The van der Waals surface area contributed by atoms with Crippen molar-refractivity contribution >= 4 is 28.0 Å². The van der Waals surface area contributed by atoms with Crippen molar-refractivity contribution < 1.29 is 19.0 Å². The molecule has 1 heterocycles. The number of methoxy groups -OCH3 is 1. The van der Waals surface area contributed by atoms with E-state index in [4.69, 9.17) is 14.2 Å². The second kappa shape index (κ2) is 5.48. The SMILES string of the molecule is CC/C(Br)=C/c1ccc(OC)c2c1OC(C)(C)OC2=O. The fraction of sp³-hybridized carbons (Fsp3) is 0.400. The molecule has 0 unspecified atom stereocenters. The van der Waals surface area contributed by atoms with Crippen molar-refractivity contribution in [2.24, 2.45) is 0 Å². The van der Waals surface area contributed by atoms with Crippen molar-refractivity contribution in [1.82, 2.24) is 0 Å². The minimum absolute atomic E-state index is 0.331. The van der Waals surface area contributed by atoms with Crippen LogP contribution < -0.4 is 9.47 Å². The third kappa shape index (κ3) is 2.82. The fourth-order valence-electron chi connectivity index (χ4n) is 1.98. The number of benzene rings is 1. The monoisotopic (exact) mass is 340 g/mol. The highest BCUT2D eigenvalue weighted by Crippen LogP contribution is 2.40. The zero-order chi connectivity index (χ0) is 14.9. The number of ether oxygens (including phenoxy) is 3. The van der Waals surface area contributed by atoms with Gasteiger partial charge in [0.05, 0.1) is 7.11 Å². The molecule has 0 atom stereocenters. The van der Waals surface area contributed by atoms with E-state index in [2.05, 4.69) is 15.9 Å². The number of halogens is 1. The van der Waals surface area contributed by atoms with Crippen LogP contribution in [-0.2, 0) is 4.74 Å². The zero-order valence-electron chi connectivity index (χ0n) is 12.0. The number of esters is 1. The van der Waals surface area contributed by atoms with Crippen molar-refractivity contribution in [3.05, 3.63) is 27.7 Å². The summed E-state index contributed by atoms with van der Waals surface area (Å²) in [6, 6.07) is 3.60. The van der Waals surface area contributed by atoms with Crippen molar-refractivity contribution in [1.29, 1.82) is 0 Å². The third-order valence-electron chi connectivity index (χ3n) is 2.91. The van der Waals surface area contributed by atoms with E-state index in [0.29, 0.717) is 17.1 Å². The van der Waals surface area contributed by atoms with Crippen molar-refractivity contribution in [2.45, 2.75) is 33.0 Å². The maximum Gasteiger partial charge on any atom is 0.349 e. The van der Waals surface area contributed by atoms with Gasteiger partial charge in [-0.1, -0.05) is 22.9 Å². The van der Waals surface area contributed by atoms with E-state index in [1.165, 1.54) is 7.11 Å². The van der Waals surface area contributed by atoms with E-state index < -0.39 is 11.8 Å². The van der Waals surface area contributed by atoms with Crippen LogP contribution in [0.25, 0.3) is 6.08 Å². The van der Waals surface area contributed by atoms with E-state index in [0.717, 1.165) is 16.5 Å². The zero-order valence-corrected chi connectivity index (χ0v) is 13.5. The lowest BCUT2D eigenvalue weighted by molar-refractivity contribution is -0.127. The van der Waals surface area contributed by atoms with Gasteiger partial charge in [0, 0.05) is 19.4 Å². The third-order valence-corrected chi connectivity index (χ3v) is 3.70. The van der Waals surface area contributed by atoms with E-state index in [1.807, 2.05) is 19.1 Å². The van der Waals surface area contributed by atoms with Gasteiger partial charge in [-0.15, -0.1) is 0 Å². The highest BCUT2D eigenvalue weighted by atomic mass is 79.9. The van der Waals surface area contributed by atoms with Crippen LogP contribution in [0.2, 0.25) is 0 Å². The molecule has 0 amide bonds. The lowest BCUT2D eigenvalue weighted by Gasteiger charge is -2.33. The minimum Gasteiger partial charge on any atom is -0.496 e. The summed E-state index contributed by atoms with van der Waals surface area (Å²) in [4.78, 5) is 12.2. The van der Waals surface area contributed by atoms with Gasteiger partial charge < -0.3 is 14.2 Å². The molecule has 0 N–H and O–H groups in total. The number of rotatable bonds is 3. The van der Waals surface area contributed by atoms with Gasteiger partial charge >= 0.3 is 5.97 Å². The fourth-order valence-corrected chi connectivity index (χ4v) is 2.23. The van der Waals surface area contributed by atoms with Gasteiger partial charge in [0.2, 0.25) is 5.79 Å². The van der Waals surface area contributed by atoms with Crippen molar-refractivity contribution in [3.8, 4) is 11.5 Å². The van der Waals surface area contributed by atoms with Crippen LogP contribution in [0.3, 0.4) is 0 Å². The highest BCUT2D eigenvalue weighted by molar-refractivity contribution is 9.11. The Hall–Kier alpha value is -1.49. The number of hydrogen-bond acceptors (Lipinski definition) is 4. The van der Waals surface area contributed by atoms with Crippen LogP contribution in [0.1, 0.15) is 43.1 Å². The Balaban J connectivity index is 2.64. The van der Waals surface area contributed by atoms with E-state index in [1.54, 1.807) is 19.9 Å². The molecule has 0 bridgehead atoms. The van der Waals surface area contributed by atoms with Gasteiger partial charge in [-0.05, 0) is 29.1 Å². The Morgan fingerprint density at radius 3 is 2.70 bits per heavy atom. The maximum absolute atomic E-state index is 12.2. The number of carbonyl (C=O) groups is 1. The standard InChI is InChI=1S/C15H17BrO4/c1-5-10(16)8-9-6-7-11(18-4)12-13(9)19-15(2,3)20-14(12)17/h6-8H,5H2,1-4H3/b10-8-. The molecule has 1 aliphatic rings. The van der Waals surface area contributed by atoms with Crippen LogP contribution in [0, 0.1) is 0 Å². The average molecular weight is 341 g/mol. The molecule has 0 aromatic heterocycles. The molecule has 20 heavy (non-hydrogen) atoms. The molecule has 1 aliphatic heterocycles. The first-order valence-electron chi connectivity index (χ1n) is 6.37. The number of carbonyl (C=O) groups excluding carboxylic acids is 1. The summed E-state index contributed by atoms with van der Waals surface area (Å²) in [7, 11) is 1.51. The molecule has 5 heteroatoms. The van der Waals surface area contributed by atoms with E-state index >= 15 is 0 Å². The van der Waals surface area contributed by atoms with E-state index in [-0.39, 0.29) is 0 Å². The molecule has 1 aromatic rings. The van der Waals surface area contributed by atoms with E-state index in [9.17, 15) is 4.79 Å². The lowest BCUT2D eigenvalue weighted by atomic mass is 10.0. The molecule has 108 valence electrons. The molecular weight excluding hydrogens is 324 g/mol. The first kappa shape index (κ1) is 14.9. The summed E-state index contributed by atoms with van der Waals surface area (Å²) in [5.41, 5.74) is 1.15. The second-order valence-corrected chi connectivity index (χ2v) is 5.92. The molecule has 0 spiro atoms. The molecule has 2 rings (SSSR count). The first-order valence-corrected chi connectivity index (χ1v) is 7.16. The van der Waals surface area contributed by atoms with Gasteiger partial charge in [0.15, 0.2) is 0 Å². The summed E-state index contributed by atoms with van der Waals surface area (Å²) >= 11 is 3.48. The second-order valence-electron chi connectivity index (χ2n) is 4.90. The quantitative estimate of drug-likeness (QED) is 0.776. The average Bonchev–Trinajstić information content (AvgIpc) is 2.38. The van der Waals surface area contributed by atoms with Crippen LogP contribution in [0.5, 0.6) is 11.5 Å². The van der Waals surface area contributed by atoms with Crippen LogP contribution >= 0.6 is 15.9 Å². The normalized spacial score (nSPS) is 17.1. The summed E-state index contributed by atoms with van der Waals surface area (Å²) in [5.74, 6) is -0.477. The van der Waals surface area contributed by atoms with Crippen LogP contribution in [0.4, 0.5) is 0 Å². The number of hydrogen-bond donors (Lipinski definition) is 0. The summed E-state index contributed by atoms with van der Waals surface area (Å²) in [5, 5.41) is 0. The smallest absolute Gasteiger partial charge is 0.349 e. The summed E-state index contributed by atoms with van der Waals surface area (Å²) in [6.45, 7) is 5.45. The van der Waals surface area contributed by atoms with Crippen LogP contribution in [-0.4, -0.2) is 18.9 Å². The Labute approximate surface area is 126 Å². The lowest BCUT2D eigenvalue weighted by Crippen LogP contribution is -2.39. The van der Waals surface area contributed by atoms with Crippen LogP contribution in [0.15, 0.2) is 16.6 Å². The first-order chi connectivity index (χ1) is 9.38. The number of cyclic esters (lactones) is 1. The van der Waals surface area contributed by atoms with Gasteiger partial charge in [-0.25, -0.2) is 4.79 Å². The largest absolute Gasteiger partial charge is 0.496 e. The predicted molar refractivity (Wildman–Crippen MR) is 80.3 cm³/mol. The Bertz CT molecular complexity index is 575.